The van der Waals surface area contributed by atoms with Crippen molar-refractivity contribution in [3.63, 3.8) is 0 Å². The largest absolute Gasteiger partial charge is 0.366 e. The normalized spacial score (nSPS) is 27.8. The summed E-state index contributed by atoms with van der Waals surface area (Å²) in [4.78, 5) is 0. The maximum atomic E-state index is 10.00. The van der Waals surface area contributed by atoms with Gasteiger partial charge in [0, 0.05) is 18.7 Å². The molecular weight excluding hydrogens is 182 g/mol. The third-order valence-corrected chi connectivity index (χ3v) is 3.31. The minimum Gasteiger partial charge on any atom is -0.366 e. The van der Waals surface area contributed by atoms with Gasteiger partial charge in [-0.25, -0.2) is 0 Å². The van der Waals surface area contributed by atoms with Crippen molar-refractivity contribution in [2.24, 2.45) is 0 Å². The van der Waals surface area contributed by atoms with Gasteiger partial charge in [-0.1, -0.05) is 30.3 Å². The molecular formula is C10H13NOS. The minimum atomic E-state index is -0.735. The molecule has 3 heteroatoms. The minimum absolute atomic E-state index is 0.679. The lowest BCUT2D eigenvalue weighted by molar-refractivity contribution is 0.111. The van der Waals surface area contributed by atoms with E-state index in [4.69, 9.17) is 0 Å². The van der Waals surface area contributed by atoms with Gasteiger partial charge in [-0.2, -0.15) is 0 Å². The second-order valence-electron chi connectivity index (χ2n) is 3.22. The van der Waals surface area contributed by atoms with E-state index in [1.807, 2.05) is 30.3 Å². The monoisotopic (exact) mass is 195 g/mol. The van der Waals surface area contributed by atoms with Crippen molar-refractivity contribution in [2.45, 2.75) is 11.5 Å². The maximum absolute atomic E-state index is 10.00. The smallest absolute Gasteiger partial charge is 0.168 e. The summed E-state index contributed by atoms with van der Waals surface area (Å²) in [5.74, 6) is 0.989. The van der Waals surface area contributed by atoms with Crippen molar-refractivity contribution in [2.75, 3.05) is 12.3 Å². The maximum Gasteiger partial charge on any atom is 0.168 e. The summed E-state index contributed by atoms with van der Waals surface area (Å²) in [5.41, 5.74) is 1.17. The Morgan fingerprint density at radius 2 is 2.15 bits per heavy atom. The highest BCUT2D eigenvalue weighted by Gasteiger charge is 2.31. The molecule has 70 valence electrons. The number of aliphatic hydroxyl groups is 1. The van der Waals surface area contributed by atoms with Crippen molar-refractivity contribution < 1.29 is 5.11 Å². The molecule has 1 fully saturated rings. The lowest BCUT2D eigenvalue weighted by Crippen LogP contribution is -2.38. The highest BCUT2D eigenvalue weighted by molar-refractivity contribution is 8.00. The first kappa shape index (κ1) is 9.06. The summed E-state index contributed by atoms with van der Waals surface area (Å²) in [7, 11) is 0. The van der Waals surface area contributed by atoms with Crippen LogP contribution in [0.5, 0.6) is 0 Å². The Kier molecular flexibility index (Phi) is 2.58. The molecule has 2 nitrogen and oxygen atoms in total. The predicted molar refractivity (Wildman–Crippen MR) is 55.6 cm³/mol. The number of thioether (sulfide) groups is 1. The lowest BCUT2D eigenvalue weighted by Gasteiger charge is -2.21. The van der Waals surface area contributed by atoms with Crippen LogP contribution in [0.3, 0.4) is 0 Å². The zero-order valence-electron chi connectivity index (χ0n) is 7.36. The van der Waals surface area contributed by atoms with Crippen LogP contribution in [-0.2, 0) is 6.42 Å². The quantitative estimate of drug-likeness (QED) is 0.744. The number of nitrogens with one attached hydrogen (secondary N) is 1. The molecule has 0 bridgehead atoms. The number of benzene rings is 1. The average molecular weight is 195 g/mol. The van der Waals surface area contributed by atoms with Crippen molar-refractivity contribution in [3.8, 4) is 0 Å². The summed E-state index contributed by atoms with van der Waals surface area (Å²) >= 11 is 1.58. The van der Waals surface area contributed by atoms with Gasteiger partial charge in [0.1, 0.15) is 0 Å². The molecule has 1 aromatic carbocycles. The average Bonchev–Trinajstić information content (AvgIpc) is 2.54. The topological polar surface area (TPSA) is 32.3 Å². The Labute approximate surface area is 82.4 Å². The Bertz CT molecular complexity index is 270. The van der Waals surface area contributed by atoms with Gasteiger partial charge in [0.15, 0.2) is 5.06 Å². The van der Waals surface area contributed by atoms with E-state index in [1.54, 1.807) is 11.8 Å². The highest BCUT2D eigenvalue weighted by Crippen LogP contribution is 2.27. The molecule has 1 unspecified atom stereocenters. The van der Waals surface area contributed by atoms with Crippen LogP contribution >= 0.6 is 11.8 Å². The third-order valence-electron chi connectivity index (χ3n) is 2.13. The summed E-state index contributed by atoms with van der Waals surface area (Å²) in [6.07, 6.45) is 0.679. The van der Waals surface area contributed by atoms with Crippen molar-refractivity contribution in [1.29, 1.82) is 0 Å². The van der Waals surface area contributed by atoms with Crippen molar-refractivity contribution in [3.05, 3.63) is 35.9 Å². The molecule has 1 heterocycles. The van der Waals surface area contributed by atoms with Crippen LogP contribution in [0.1, 0.15) is 5.56 Å². The fraction of sp³-hybridized carbons (Fsp3) is 0.400. The van der Waals surface area contributed by atoms with Crippen LogP contribution in [0.2, 0.25) is 0 Å². The van der Waals surface area contributed by atoms with Crippen LogP contribution in [0.15, 0.2) is 30.3 Å². The zero-order chi connectivity index (χ0) is 9.15. The van der Waals surface area contributed by atoms with Crippen molar-refractivity contribution in [1.82, 2.24) is 5.32 Å². The van der Waals surface area contributed by atoms with Crippen LogP contribution in [0, 0.1) is 0 Å². The van der Waals surface area contributed by atoms with E-state index in [0.29, 0.717) is 6.42 Å². The number of rotatable bonds is 2. The lowest BCUT2D eigenvalue weighted by atomic mass is 10.1. The Morgan fingerprint density at radius 1 is 1.38 bits per heavy atom. The predicted octanol–water partition coefficient (Wildman–Crippen LogP) is 1.21. The van der Waals surface area contributed by atoms with Gasteiger partial charge in [0.05, 0.1) is 0 Å². The molecule has 0 spiro atoms. The standard InChI is InChI=1S/C10H13NOS/c12-10(11-6-7-13-10)8-9-4-2-1-3-5-9/h1-5,11-12H,6-8H2. The van der Waals surface area contributed by atoms with E-state index < -0.39 is 5.06 Å². The first-order valence-electron chi connectivity index (χ1n) is 4.44. The molecule has 1 aliphatic rings. The molecule has 2 rings (SSSR count). The van der Waals surface area contributed by atoms with E-state index in [2.05, 4.69) is 5.32 Å². The van der Waals surface area contributed by atoms with Gasteiger partial charge in [-0.15, -0.1) is 11.8 Å². The molecule has 1 atom stereocenters. The Morgan fingerprint density at radius 3 is 2.77 bits per heavy atom. The van der Waals surface area contributed by atoms with Gasteiger partial charge in [0.2, 0.25) is 0 Å². The summed E-state index contributed by atoms with van der Waals surface area (Å²) in [6.45, 7) is 0.897. The highest BCUT2D eigenvalue weighted by atomic mass is 32.2. The molecule has 0 radical (unpaired) electrons. The number of hydrogen-bond acceptors (Lipinski definition) is 3. The van der Waals surface area contributed by atoms with E-state index in [-0.39, 0.29) is 0 Å². The van der Waals surface area contributed by atoms with Gasteiger partial charge >= 0.3 is 0 Å². The van der Waals surface area contributed by atoms with E-state index in [0.717, 1.165) is 12.3 Å². The fourth-order valence-electron chi connectivity index (χ4n) is 1.50. The molecule has 0 aliphatic carbocycles. The summed E-state index contributed by atoms with van der Waals surface area (Å²) < 4.78 is 0. The van der Waals surface area contributed by atoms with Gasteiger partial charge < -0.3 is 5.11 Å². The van der Waals surface area contributed by atoms with E-state index >= 15 is 0 Å². The van der Waals surface area contributed by atoms with Crippen LogP contribution in [-0.4, -0.2) is 22.5 Å². The van der Waals surface area contributed by atoms with Crippen LogP contribution < -0.4 is 5.32 Å². The zero-order valence-corrected chi connectivity index (χ0v) is 8.18. The van der Waals surface area contributed by atoms with Crippen molar-refractivity contribution >= 4 is 11.8 Å². The first-order valence-corrected chi connectivity index (χ1v) is 5.42. The molecule has 0 saturated carbocycles. The second kappa shape index (κ2) is 3.70. The van der Waals surface area contributed by atoms with Crippen LogP contribution in [0.4, 0.5) is 0 Å². The van der Waals surface area contributed by atoms with E-state index in [1.165, 1.54) is 5.56 Å². The number of hydrogen-bond donors (Lipinski definition) is 2. The summed E-state index contributed by atoms with van der Waals surface area (Å²) in [5, 5.41) is 12.4. The first-order chi connectivity index (χ1) is 6.29. The molecule has 1 aromatic rings. The second-order valence-corrected chi connectivity index (χ2v) is 4.59. The Balaban J connectivity index is 2.05. The Hall–Kier alpha value is -0.510. The molecule has 2 N–H and O–H groups in total. The van der Waals surface area contributed by atoms with Crippen LogP contribution in [0.25, 0.3) is 0 Å². The molecule has 1 saturated heterocycles. The SMILES string of the molecule is OC1(Cc2ccccc2)NCCS1. The fourth-order valence-corrected chi connectivity index (χ4v) is 2.52. The molecule has 0 aromatic heterocycles. The van der Waals surface area contributed by atoms with Gasteiger partial charge in [-0.05, 0) is 5.56 Å². The molecule has 1 aliphatic heterocycles. The molecule has 0 amide bonds. The van der Waals surface area contributed by atoms with Gasteiger partial charge in [0.25, 0.3) is 0 Å². The third kappa shape index (κ3) is 2.24. The molecule has 13 heavy (non-hydrogen) atoms. The van der Waals surface area contributed by atoms with Gasteiger partial charge in [-0.3, -0.25) is 5.32 Å². The van der Waals surface area contributed by atoms with E-state index in [9.17, 15) is 5.11 Å². The summed E-state index contributed by atoms with van der Waals surface area (Å²) in [6, 6.07) is 10.1.